The third kappa shape index (κ3) is 3.84. The lowest BCUT2D eigenvalue weighted by atomic mass is 9.93. The summed E-state index contributed by atoms with van der Waals surface area (Å²) in [6.07, 6.45) is 4.01. The molecule has 130 valence electrons. The number of aryl methyl sites for hydroxylation is 2. The van der Waals surface area contributed by atoms with Gasteiger partial charge in [-0.2, -0.15) is 0 Å². The number of nitrogens with one attached hydrogen (secondary N) is 1. The number of carbonyl (C=O) groups is 2. The van der Waals surface area contributed by atoms with Crippen LogP contribution in [0.1, 0.15) is 30.5 Å². The summed E-state index contributed by atoms with van der Waals surface area (Å²) in [6.45, 7) is 2.37. The summed E-state index contributed by atoms with van der Waals surface area (Å²) in [7, 11) is 0. The van der Waals surface area contributed by atoms with Crippen molar-refractivity contribution in [3.05, 3.63) is 23.4 Å². The average Bonchev–Trinajstić information content (AvgIpc) is 2.53. The summed E-state index contributed by atoms with van der Waals surface area (Å²) in [5, 5.41) is 12.1. The molecule has 0 aliphatic carbocycles. The van der Waals surface area contributed by atoms with Gasteiger partial charge in [0.25, 0.3) is 0 Å². The van der Waals surface area contributed by atoms with E-state index in [4.69, 9.17) is 10.8 Å². The van der Waals surface area contributed by atoms with Crippen molar-refractivity contribution in [1.82, 2.24) is 9.88 Å². The van der Waals surface area contributed by atoms with Crippen molar-refractivity contribution in [2.45, 2.75) is 38.1 Å². The second kappa shape index (κ2) is 7.17. The number of fused-ring (bicyclic) bond motifs is 1. The number of hydrogen-bond donors (Lipinski definition) is 3. The van der Waals surface area contributed by atoms with E-state index in [1.165, 1.54) is 5.56 Å². The van der Waals surface area contributed by atoms with E-state index < -0.39 is 12.0 Å². The molecule has 2 aliphatic rings. The lowest BCUT2D eigenvalue weighted by Crippen LogP contribution is -2.51. The van der Waals surface area contributed by atoms with Gasteiger partial charge in [-0.15, -0.1) is 0 Å². The highest BCUT2D eigenvalue weighted by Gasteiger charge is 2.31. The Bertz CT molecular complexity index is 628. The molecule has 7 nitrogen and oxygen atoms in total. The van der Waals surface area contributed by atoms with E-state index in [9.17, 15) is 9.59 Å². The van der Waals surface area contributed by atoms with Crippen LogP contribution >= 0.6 is 0 Å². The zero-order valence-electron chi connectivity index (χ0n) is 13.7. The van der Waals surface area contributed by atoms with Gasteiger partial charge in [0.05, 0.1) is 6.42 Å². The maximum atomic E-state index is 11.9. The Morgan fingerprint density at radius 1 is 1.42 bits per heavy atom. The van der Waals surface area contributed by atoms with E-state index in [1.54, 1.807) is 4.90 Å². The minimum atomic E-state index is -1.13. The van der Waals surface area contributed by atoms with Crippen molar-refractivity contribution in [3.63, 3.8) is 0 Å². The number of hydrogen-bond acceptors (Lipinski definition) is 5. The van der Waals surface area contributed by atoms with Crippen LogP contribution in [0.4, 0.5) is 5.82 Å². The first-order valence-corrected chi connectivity index (χ1v) is 8.52. The van der Waals surface area contributed by atoms with E-state index in [0.717, 1.165) is 43.7 Å². The van der Waals surface area contributed by atoms with Crippen molar-refractivity contribution in [2.24, 2.45) is 11.7 Å². The number of carboxylic acids is 1. The van der Waals surface area contributed by atoms with Crippen LogP contribution in [-0.4, -0.2) is 52.5 Å². The number of nitrogens with two attached hydrogens (primary N) is 1. The lowest BCUT2D eigenvalue weighted by Gasteiger charge is -2.39. The third-order valence-electron chi connectivity index (χ3n) is 4.78. The number of amides is 1. The van der Waals surface area contributed by atoms with Crippen molar-refractivity contribution in [2.75, 3.05) is 25.0 Å². The van der Waals surface area contributed by atoms with Gasteiger partial charge in [0.1, 0.15) is 11.9 Å². The minimum Gasteiger partial charge on any atom is -0.480 e. The second-order valence-electron chi connectivity index (χ2n) is 6.69. The fourth-order valence-electron chi connectivity index (χ4n) is 3.22. The van der Waals surface area contributed by atoms with Crippen LogP contribution in [0.25, 0.3) is 0 Å². The summed E-state index contributed by atoms with van der Waals surface area (Å²) in [5.74, 6) is 0.178. The fraction of sp³-hybridized carbons (Fsp3) is 0.588. The predicted molar refractivity (Wildman–Crippen MR) is 89.7 cm³/mol. The molecule has 4 N–H and O–H groups in total. The molecule has 0 radical (unpaired) electrons. The smallest absolute Gasteiger partial charge is 0.321 e. The van der Waals surface area contributed by atoms with Crippen LogP contribution in [0.15, 0.2) is 12.1 Å². The second-order valence-corrected chi connectivity index (χ2v) is 6.69. The molecule has 0 spiro atoms. The summed E-state index contributed by atoms with van der Waals surface area (Å²) in [5.41, 5.74) is 7.77. The van der Waals surface area contributed by atoms with Crippen molar-refractivity contribution < 1.29 is 14.7 Å². The topological polar surface area (TPSA) is 109 Å². The number of likely N-dealkylation sites (tertiary alicyclic amines) is 1. The van der Waals surface area contributed by atoms with Gasteiger partial charge in [0.15, 0.2) is 0 Å². The van der Waals surface area contributed by atoms with E-state index >= 15 is 0 Å². The Balaban J connectivity index is 1.42. The number of carboxylic acid groups (broad SMARTS) is 1. The number of aromatic nitrogens is 1. The minimum absolute atomic E-state index is 0.125. The number of aliphatic carboxylic acids is 1. The maximum absolute atomic E-state index is 11.9. The molecule has 1 aromatic rings. The van der Waals surface area contributed by atoms with Crippen molar-refractivity contribution in [1.29, 1.82) is 0 Å². The van der Waals surface area contributed by atoms with Crippen molar-refractivity contribution >= 4 is 17.7 Å². The van der Waals surface area contributed by atoms with Crippen molar-refractivity contribution in [3.8, 4) is 0 Å². The Labute approximate surface area is 141 Å². The summed E-state index contributed by atoms with van der Waals surface area (Å²) in [4.78, 5) is 28.9. The summed E-state index contributed by atoms with van der Waals surface area (Å²) < 4.78 is 0. The van der Waals surface area contributed by atoms with E-state index in [-0.39, 0.29) is 12.3 Å². The largest absolute Gasteiger partial charge is 0.480 e. The van der Waals surface area contributed by atoms with Gasteiger partial charge in [-0.3, -0.25) is 9.59 Å². The first-order valence-electron chi connectivity index (χ1n) is 8.52. The van der Waals surface area contributed by atoms with Gasteiger partial charge in [0.2, 0.25) is 5.91 Å². The molecule has 7 heteroatoms. The molecular weight excluding hydrogens is 308 g/mol. The first kappa shape index (κ1) is 16.7. The van der Waals surface area contributed by atoms with Crippen LogP contribution in [0.5, 0.6) is 0 Å². The molecule has 1 atom stereocenters. The average molecular weight is 332 g/mol. The zero-order valence-corrected chi connectivity index (χ0v) is 13.7. The maximum Gasteiger partial charge on any atom is 0.321 e. The highest BCUT2D eigenvalue weighted by molar-refractivity contribution is 5.84. The lowest BCUT2D eigenvalue weighted by molar-refractivity contribution is -0.145. The van der Waals surface area contributed by atoms with Gasteiger partial charge in [-0.1, -0.05) is 6.07 Å². The molecule has 0 saturated carbocycles. The van der Waals surface area contributed by atoms with Gasteiger partial charge < -0.3 is 21.1 Å². The zero-order chi connectivity index (χ0) is 17.1. The Kier molecular flexibility index (Phi) is 4.99. The summed E-state index contributed by atoms with van der Waals surface area (Å²) >= 11 is 0. The number of anilines is 1. The van der Waals surface area contributed by atoms with Crippen LogP contribution < -0.4 is 11.1 Å². The van der Waals surface area contributed by atoms with Gasteiger partial charge >= 0.3 is 5.97 Å². The molecule has 2 aliphatic heterocycles. The number of carbonyl (C=O) groups excluding carboxylic acids is 1. The van der Waals surface area contributed by atoms with Gasteiger partial charge in [0, 0.05) is 25.3 Å². The highest BCUT2D eigenvalue weighted by atomic mass is 16.4. The highest BCUT2D eigenvalue weighted by Crippen LogP contribution is 2.24. The quantitative estimate of drug-likeness (QED) is 0.705. The van der Waals surface area contributed by atoms with E-state index in [1.807, 2.05) is 0 Å². The molecule has 0 bridgehead atoms. The van der Waals surface area contributed by atoms with Crippen LogP contribution in [0, 0.1) is 5.92 Å². The Morgan fingerprint density at radius 3 is 2.96 bits per heavy atom. The molecule has 3 heterocycles. The number of nitrogens with zero attached hydrogens (tertiary/aromatic N) is 2. The molecule has 3 rings (SSSR count). The first-order chi connectivity index (χ1) is 11.5. The molecule has 1 fully saturated rings. The van der Waals surface area contributed by atoms with Crippen LogP contribution in [0.3, 0.4) is 0 Å². The normalized spacial score (nSPS) is 18.3. The van der Waals surface area contributed by atoms with Gasteiger partial charge in [-0.25, -0.2) is 4.98 Å². The molecule has 1 unspecified atom stereocenters. The van der Waals surface area contributed by atoms with Crippen LogP contribution in [0.2, 0.25) is 0 Å². The Hall–Kier alpha value is -2.15. The fourth-order valence-corrected chi connectivity index (χ4v) is 3.22. The number of pyridine rings is 1. The standard InChI is InChI=1S/C17H24N4O3/c18-14(17(23)24)8-15(22)21-9-11(10-21)3-5-13-6-4-12-2-1-7-19-16(12)20-13/h4,6,11,14H,1-3,5,7-10,18H2,(H,19,20)(H,23,24). The molecule has 0 aromatic carbocycles. The molecule has 24 heavy (non-hydrogen) atoms. The molecule has 1 saturated heterocycles. The van der Waals surface area contributed by atoms with Crippen LogP contribution in [-0.2, 0) is 22.4 Å². The molecule has 1 amide bonds. The Morgan fingerprint density at radius 2 is 2.21 bits per heavy atom. The number of rotatable bonds is 6. The third-order valence-corrected chi connectivity index (χ3v) is 4.78. The summed E-state index contributed by atoms with van der Waals surface area (Å²) in [6, 6.07) is 3.15. The molecular formula is C17H24N4O3. The predicted octanol–water partition coefficient (Wildman–Crippen LogP) is 0.633. The van der Waals surface area contributed by atoms with E-state index in [2.05, 4.69) is 22.4 Å². The van der Waals surface area contributed by atoms with E-state index in [0.29, 0.717) is 19.0 Å². The monoisotopic (exact) mass is 332 g/mol. The molecule has 1 aromatic heterocycles. The van der Waals surface area contributed by atoms with Gasteiger partial charge in [-0.05, 0) is 43.2 Å². The SMILES string of the molecule is NC(CC(=O)N1CC(CCc2ccc3c(n2)NCCC3)C1)C(=O)O.